The largest absolute Gasteiger partial charge is 0.481 e. The van der Waals surface area contributed by atoms with Crippen molar-refractivity contribution in [1.29, 1.82) is 0 Å². The second kappa shape index (κ2) is 10.9. The van der Waals surface area contributed by atoms with Crippen LogP contribution in [0.4, 0.5) is 0 Å². The van der Waals surface area contributed by atoms with Crippen LogP contribution >= 0.6 is 0 Å². The summed E-state index contributed by atoms with van der Waals surface area (Å²) >= 11 is 0. The molecule has 0 aliphatic heterocycles. The highest BCUT2D eigenvalue weighted by atomic mass is 16.4. The smallest absolute Gasteiger partial charge is 0.307 e. The van der Waals surface area contributed by atoms with Crippen molar-refractivity contribution in [3.05, 3.63) is 71.8 Å². The van der Waals surface area contributed by atoms with Crippen LogP contribution in [-0.4, -0.2) is 28.3 Å². The summed E-state index contributed by atoms with van der Waals surface area (Å²) in [5, 5.41) is 9.71. The van der Waals surface area contributed by atoms with Gasteiger partial charge in [-0.05, 0) is 29.9 Å². The van der Waals surface area contributed by atoms with E-state index in [1.807, 2.05) is 36.4 Å². The summed E-state index contributed by atoms with van der Waals surface area (Å²) in [7, 11) is 0. The third-order valence-electron chi connectivity index (χ3n) is 5.88. The second-order valence-electron chi connectivity index (χ2n) is 8.20. The molecule has 1 saturated carbocycles. The Kier molecular flexibility index (Phi) is 8.00. The average Bonchev–Trinajstić information content (AvgIpc) is 2.74. The Morgan fingerprint density at radius 3 is 1.86 bits per heavy atom. The van der Waals surface area contributed by atoms with Crippen LogP contribution in [0.25, 0.3) is 0 Å². The van der Waals surface area contributed by atoms with Crippen LogP contribution < -0.4 is 0 Å². The molecule has 0 unspecified atom stereocenters. The topological polar surface area (TPSA) is 57.6 Å². The summed E-state index contributed by atoms with van der Waals surface area (Å²) in [6, 6.07) is 20.2. The third-order valence-corrected chi connectivity index (χ3v) is 5.88. The maximum atomic E-state index is 12.9. The standard InChI is InChI=1S/C25H31NO3/c27-23(16-24(25(28)29)22-14-8-3-9-15-22)19-26(17-20-10-4-1-5-11-20)18-21-12-6-2-7-13-21/h1-2,4-7,10-13,22,24H,3,8-9,14-19H2,(H,28,29)/t24-/m0/s1. The van der Waals surface area contributed by atoms with Gasteiger partial charge in [0.15, 0.2) is 0 Å². The molecule has 1 N–H and O–H groups in total. The highest BCUT2D eigenvalue weighted by molar-refractivity contribution is 5.85. The lowest BCUT2D eigenvalue weighted by atomic mass is 9.78. The van der Waals surface area contributed by atoms with Gasteiger partial charge in [-0.25, -0.2) is 0 Å². The number of hydrogen-bond acceptors (Lipinski definition) is 3. The first-order valence-corrected chi connectivity index (χ1v) is 10.7. The molecule has 0 radical (unpaired) electrons. The van der Waals surface area contributed by atoms with Crippen LogP contribution in [0.15, 0.2) is 60.7 Å². The van der Waals surface area contributed by atoms with Crippen LogP contribution in [0.2, 0.25) is 0 Å². The van der Waals surface area contributed by atoms with E-state index in [0.717, 1.165) is 36.8 Å². The molecule has 1 aliphatic carbocycles. The Hall–Kier alpha value is -2.46. The number of carbonyl (C=O) groups is 2. The molecule has 0 spiro atoms. The summed E-state index contributed by atoms with van der Waals surface area (Å²) < 4.78 is 0. The normalized spacial score (nSPS) is 15.9. The van der Waals surface area contributed by atoms with Gasteiger partial charge in [-0.2, -0.15) is 0 Å². The van der Waals surface area contributed by atoms with Crippen molar-refractivity contribution < 1.29 is 14.7 Å². The van der Waals surface area contributed by atoms with Crippen molar-refractivity contribution in [1.82, 2.24) is 4.90 Å². The zero-order valence-electron chi connectivity index (χ0n) is 17.0. The minimum absolute atomic E-state index is 0.0230. The van der Waals surface area contributed by atoms with E-state index in [1.54, 1.807) is 0 Å². The first-order valence-electron chi connectivity index (χ1n) is 10.7. The highest BCUT2D eigenvalue weighted by Crippen LogP contribution is 2.32. The van der Waals surface area contributed by atoms with Gasteiger partial charge >= 0.3 is 5.97 Å². The van der Waals surface area contributed by atoms with E-state index in [4.69, 9.17) is 0 Å². The van der Waals surface area contributed by atoms with Crippen molar-refractivity contribution in [2.45, 2.75) is 51.6 Å². The number of carboxylic acids is 1. The fraction of sp³-hybridized carbons (Fsp3) is 0.440. The number of ketones is 1. The van der Waals surface area contributed by atoms with Crippen LogP contribution in [0, 0.1) is 11.8 Å². The lowest BCUT2D eigenvalue weighted by Gasteiger charge is -2.28. The van der Waals surface area contributed by atoms with Crippen molar-refractivity contribution in [2.75, 3.05) is 6.54 Å². The summed E-state index contributed by atoms with van der Waals surface area (Å²) in [6.07, 6.45) is 5.34. The molecule has 3 rings (SSSR count). The van der Waals surface area contributed by atoms with Gasteiger partial charge in [0.05, 0.1) is 12.5 Å². The molecule has 0 heterocycles. The quantitative estimate of drug-likeness (QED) is 0.622. The summed E-state index contributed by atoms with van der Waals surface area (Å²) in [5.74, 6) is -1.20. The van der Waals surface area contributed by atoms with Gasteiger partial charge in [0.1, 0.15) is 5.78 Å². The van der Waals surface area contributed by atoms with Crippen LogP contribution in [0.5, 0.6) is 0 Å². The molecule has 0 amide bonds. The molecule has 2 aromatic rings. The van der Waals surface area contributed by atoms with Gasteiger partial charge in [0, 0.05) is 19.5 Å². The minimum atomic E-state index is -0.817. The summed E-state index contributed by atoms with van der Waals surface area (Å²) in [5.41, 5.74) is 2.30. The van der Waals surface area contributed by atoms with Crippen LogP contribution in [0.1, 0.15) is 49.7 Å². The Balaban J connectivity index is 1.66. The van der Waals surface area contributed by atoms with Crippen molar-refractivity contribution in [3.8, 4) is 0 Å². The zero-order valence-corrected chi connectivity index (χ0v) is 17.0. The Morgan fingerprint density at radius 1 is 0.862 bits per heavy atom. The third kappa shape index (κ3) is 6.82. The van der Waals surface area contributed by atoms with Gasteiger partial charge in [0.2, 0.25) is 0 Å². The molecular formula is C25H31NO3. The molecule has 1 atom stereocenters. The van der Waals surface area contributed by atoms with Gasteiger partial charge in [-0.15, -0.1) is 0 Å². The summed E-state index contributed by atoms with van der Waals surface area (Å²) in [6.45, 7) is 1.62. The zero-order chi connectivity index (χ0) is 20.5. The van der Waals surface area contributed by atoms with Gasteiger partial charge in [0.25, 0.3) is 0 Å². The van der Waals surface area contributed by atoms with Crippen molar-refractivity contribution in [3.63, 3.8) is 0 Å². The molecule has 29 heavy (non-hydrogen) atoms. The highest BCUT2D eigenvalue weighted by Gasteiger charge is 2.31. The predicted octanol–water partition coefficient (Wildman–Crippen LogP) is 4.93. The molecule has 154 valence electrons. The first-order chi connectivity index (χ1) is 14.1. The van der Waals surface area contributed by atoms with E-state index in [0.29, 0.717) is 13.1 Å². The molecule has 0 bridgehead atoms. The van der Waals surface area contributed by atoms with Crippen LogP contribution in [-0.2, 0) is 22.7 Å². The number of benzene rings is 2. The number of carbonyl (C=O) groups excluding carboxylic acids is 1. The molecule has 0 saturated heterocycles. The molecule has 0 aromatic heterocycles. The van der Waals surface area contributed by atoms with Gasteiger partial charge in [-0.3, -0.25) is 14.5 Å². The number of nitrogens with zero attached hydrogens (tertiary/aromatic N) is 1. The Labute approximate surface area is 173 Å². The number of Topliss-reactive ketones (excluding diaryl/α,β-unsaturated/α-hetero) is 1. The Morgan fingerprint density at radius 2 is 1.38 bits per heavy atom. The maximum Gasteiger partial charge on any atom is 0.307 e. The molecule has 4 nitrogen and oxygen atoms in total. The van der Waals surface area contributed by atoms with Gasteiger partial charge in [-0.1, -0.05) is 79.9 Å². The molecule has 1 fully saturated rings. The monoisotopic (exact) mass is 393 g/mol. The fourth-order valence-corrected chi connectivity index (χ4v) is 4.40. The predicted molar refractivity (Wildman–Crippen MR) is 114 cm³/mol. The molecule has 2 aromatic carbocycles. The fourth-order valence-electron chi connectivity index (χ4n) is 4.40. The number of rotatable bonds is 10. The second-order valence-corrected chi connectivity index (χ2v) is 8.20. The molecule has 4 heteroatoms. The number of hydrogen-bond donors (Lipinski definition) is 1. The minimum Gasteiger partial charge on any atom is -0.481 e. The molecular weight excluding hydrogens is 362 g/mol. The van der Waals surface area contributed by atoms with Crippen molar-refractivity contribution in [2.24, 2.45) is 11.8 Å². The van der Waals surface area contributed by atoms with E-state index in [9.17, 15) is 14.7 Å². The van der Waals surface area contributed by atoms with Crippen LogP contribution in [0.3, 0.4) is 0 Å². The maximum absolute atomic E-state index is 12.9. The average molecular weight is 394 g/mol. The summed E-state index contributed by atoms with van der Waals surface area (Å²) in [4.78, 5) is 26.8. The SMILES string of the molecule is O=C(C[C@H](C(=O)O)C1CCCCC1)CN(Cc1ccccc1)Cc1ccccc1. The lowest BCUT2D eigenvalue weighted by Crippen LogP contribution is -2.33. The Bertz CT molecular complexity index is 728. The van der Waals surface area contributed by atoms with Gasteiger partial charge < -0.3 is 5.11 Å². The van der Waals surface area contributed by atoms with E-state index in [-0.39, 0.29) is 24.7 Å². The first kappa shape index (κ1) is 21.3. The van der Waals surface area contributed by atoms with E-state index in [1.165, 1.54) is 6.42 Å². The lowest BCUT2D eigenvalue weighted by molar-refractivity contribution is -0.146. The van der Waals surface area contributed by atoms with E-state index in [2.05, 4.69) is 29.2 Å². The van der Waals surface area contributed by atoms with E-state index < -0.39 is 11.9 Å². The van der Waals surface area contributed by atoms with E-state index >= 15 is 0 Å². The number of aliphatic carboxylic acids is 1. The number of carboxylic acid groups (broad SMARTS) is 1. The van der Waals surface area contributed by atoms with Crippen molar-refractivity contribution >= 4 is 11.8 Å². The molecule has 1 aliphatic rings.